The highest BCUT2D eigenvalue weighted by molar-refractivity contribution is 4.97. The van der Waals surface area contributed by atoms with Gasteiger partial charge in [0, 0.05) is 26.2 Å². The maximum absolute atomic E-state index is 10.1. The van der Waals surface area contributed by atoms with E-state index in [1.807, 2.05) is 0 Å². The second-order valence-electron chi connectivity index (χ2n) is 5.76. The summed E-state index contributed by atoms with van der Waals surface area (Å²) in [6.45, 7) is 12.8. The molecule has 1 aliphatic rings. The average molecular weight is 229 g/mol. The van der Waals surface area contributed by atoms with Crippen molar-refractivity contribution >= 4 is 0 Å². The molecule has 1 rings (SSSR count). The van der Waals surface area contributed by atoms with Gasteiger partial charge in [0.05, 0.1) is 12.2 Å². The summed E-state index contributed by atoms with van der Waals surface area (Å²) in [7, 11) is 0. The first-order valence-electron chi connectivity index (χ1n) is 6.46. The number of β-amino-alcohol motifs (C(OH)–C–C–N with tert-alkyl or cyclic N) is 1. The molecule has 0 radical (unpaired) electrons. The number of likely N-dealkylation sites (tertiary alicyclic amines) is 1. The molecule has 0 aromatic carbocycles. The predicted molar refractivity (Wildman–Crippen MR) is 66.5 cm³/mol. The molecule has 0 amide bonds. The maximum Gasteiger partial charge on any atom is 0.0922 e. The second-order valence-corrected chi connectivity index (χ2v) is 5.76. The van der Waals surface area contributed by atoms with E-state index in [2.05, 4.69) is 32.6 Å². The molecule has 0 atom stereocenters. The normalized spacial score (nSPS) is 20.4. The number of aliphatic hydroxyl groups is 1. The van der Waals surface area contributed by atoms with Crippen molar-refractivity contribution in [1.82, 2.24) is 4.90 Å². The number of rotatable bonds is 7. The molecule has 0 saturated carbocycles. The van der Waals surface area contributed by atoms with Crippen LogP contribution < -0.4 is 0 Å². The lowest BCUT2D eigenvalue weighted by atomic mass is 9.83. The van der Waals surface area contributed by atoms with E-state index in [4.69, 9.17) is 4.74 Å². The summed E-state index contributed by atoms with van der Waals surface area (Å²) in [4.78, 5) is 2.26. The average Bonchev–Trinajstić information content (AvgIpc) is 2.13. The standard InChI is InChI=1S/C13H27NO2/c1-11(2)5-7-16-8-6-14-9-13(15,10-14)12(3)4/h11-12,15H,5-10H2,1-4H3. The lowest BCUT2D eigenvalue weighted by molar-refractivity contribution is -0.131. The Kier molecular flexibility index (Phi) is 5.22. The van der Waals surface area contributed by atoms with Crippen LogP contribution in [0.2, 0.25) is 0 Å². The minimum atomic E-state index is -0.446. The van der Waals surface area contributed by atoms with E-state index in [1.165, 1.54) is 0 Å². The van der Waals surface area contributed by atoms with Crippen molar-refractivity contribution in [3.05, 3.63) is 0 Å². The van der Waals surface area contributed by atoms with Gasteiger partial charge in [0.1, 0.15) is 0 Å². The zero-order valence-corrected chi connectivity index (χ0v) is 11.2. The third-order valence-electron chi connectivity index (χ3n) is 3.46. The van der Waals surface area contributed by atoms with Gasteiger partial charge in [-0.2, -0.15) is 0 Å². The van der Waals surface area contributed by atoms with Crippen molar-refractivity contribution < 1.29 is 9.84 Å². The number of nitrogens with zero attached hydrogens (tertiary/aromatic N) is 1. The molecule has 1 fully saturated rings. The van der Waals surface area contributed by atoms with Crippen LogP contribution in [0.25, 0.3) is 0 Å². The van der Waals surface area contributed by atoms with Crippen LogP contribution in [-0.2, 0) is 4.74 Å². The molecule has 3 nitrogen and oxygen atoms in total. The van der Waals surface area contributed by atoms with Crippen LogP contribution in [-0.4, -0.2) is 48.5 Å². The summed E-state index contributed by atoms with van der Waals surface area (Å²) < 4.78 is 5.56. The fourth-order valence-electron chi connectivity index (χ4n) is 1.87. The highest BCUT2D eigenvalue weighted by atomic mass is 16.5. The Labute approximate surface area is 99.8 Å². The number of ether oxygens (including phenoxy) is 1. The quantitative estimate of drug-likeness (QED) is 0.675. The van der Waals surface area contributed by atoms with Gasteiger partial charge in [-0.05, 0) is 18.3 Å². The summed E-state index contributed by atoms with van der Waals surface area (Å²) in [6, 6.07) is 0. The molecule has 16 heavy (non-hydrogen) atoms. The van der Waals surface area contributed by atoms with Gasteiger partial charge in [0.15, 0.2) is 0 Å². The third-order valence-corrected chi connectivity index (χ3v) is 3.46. The summed E-state index contributed by atoms with van der Waals surface area (Å²) >= 11 is 0. The van der Waals surface area contributed by atoms with Crippen LogP contribution in [0.1, 0.15) is 34.1 Å². The van der Waals surface area contributed by atoms with Gasteiger partial charge in [-0.3, -0.25) is 4.90 Å². The first-order valence-corrected chi connectivity index (χ1v) is 6.46. The Morgan fingerprint density at radius 1 is 1.19 bits per heavy atom. The van der Waals surface area contributed by atoms with Gasteiger partial charge in [-0.15, -0.1) is 0 Å². The minimum absolute atomic E-state index is 0.352. The molecule has 0 unspecified atom stereocenters. The van der Waals surface area contributed by atoms with E-state index in [-0.39, 0.29) is 0 Å². The number of hydrogen-bond donors (Lipinski definition) is 1. The van der Waals surface area contributed by atoms with Gasteiger partial charge in [-0.25, -0.2) is 0 Å². The summed E-state index contributed by atoms with van der Waals surface area (Å²) in [6.07, 6.45) is 1.13. The van der Waals surface area contributed by atoms with E-state index in [1.54, 1.807) is 0 Å². The van der Waals surface area contributed by atoms with Gasteiger partial charge >= 0.3 is 0 Å². The molecule has 1 heterocycles. The Balaban J connectivity index is 1.97. The van der Waals surface area contributed by atoms with E-state index < -0.39 is 5.60 Å². The van der Waals surface area contributed by atoms with Gasteiger partial charge in [-0.1, -0.05) is 27.7 Å². The topological polar surface area (TPSA) is 32.7 Å². The first kappa shape index (κ1) is 13.9. The summed E-state index contributed by atoms with van der Waals surface area (Å²) in [5.41, 5.74) is -0.446. The molecule has 0 bridgehead atoms. The minimum Gasteiger partial charge on any atom is -0.387 e. The van der Waals surface area contributed by atoms with E-state index in [0.717, 1.165) is 45.2 Å². The molecule has 0 spiro atoms. The zero-order valence-electron chi connectivity index (χ0n) is 11.2. The monoisotopic (exact) mass is 229 g/mol. The highest BCUT2D eigenvalue weighted by Crippen LogP contribution is 2.27. The fourth-order valence-corrected chi connectivity index (χ4v) is 1.87. The largest absolute Gasteiger partial charge is 0.387 e. The Hall–Kier alpha value is -0.120. The summed E-state index contributed by atoms with van der Waals surface area (Å²) in [5, 5.41) is 10.1. The van der Waals surface area contributed by atoms with E-state index in [9.17, 15) is 5.11 Å². The molecular weight excluding hydrogens is 202 g/mol. The second kappa shape index (κ2) is 5.99. The Bertz CT molecular complexity index is 198. The van der Waals surface area contributed by atoms with Crippen molar-refractivity contribution in [2.75, 3.05) is 32.8 Å². The molecule has 96 valence electrons. The SMILES string of the molecule is CC(C)CCOCCN1CC(O)(C(C)C)C1. The first-order chi connectivity index (χ1) is 7.44. The van der Waals surface area contributed by atoms with Crippen molar-refractivity contribution in [3.8, 4) is 0 Å². The van der Waals surface area contributed by atoms with Gasteiger partial charge in [0.2, 0.25) is 0 Å². The van der Waals surface area contributed by atoms with E-state index >= 15 is 0 Å². The van der Waals surface area contributed by atoms with Crippen molar-refractivity contribution in [3.63, 3.8) is 0 Å². The van der Waals surface area contributed by atoms with Crippen molar-refractivity contribution in [1.29, 1.82) is 0 Å². The van der Waals surface area contributed by atoms with Gasteiger partial charge < -0.3 is 9.84 Å². The molecule has 0 aliphatic carbocycles. The van der Waals surface area contributed by atoms with Crippen LogP contribution in [0.15, 0.2) is 0 Å². The molecule has 1 saturated heterocycles. The zero-order chi connectivity index (χ0) is 12.2. The van der Waals surface area contributed by atoms with Crippen LogP contribution in [0, 0.1) is 11.8 Å². The fraction of sp³-hybridized carbons (Fsp3) is 1.00. The molecule has 3 heteroatoms. The predicted octanol–water partition coefficient (Wildman–Crippen LogP) is 1.75. The van der Waals surface area contributed by atoms with Crippen LogP contribution in [0.5, 0.6) is 0 Å². The highest BCUT2D eigenvalue weighted by Gasteiger charge is 2.42. The van der Waals surface area contributed by atoms with Gasteiger partial charge in [0.25, 0.3) is 0 Å². The molecule has 1 N–H and O–H groups in total. The lowest BCUT2D eigenvalue weighted by Crippen LogP contribution is -2.64. The van der Waals surface area contributed by atoms with Crippen LogP contribution in [0.4, 0.5) is 0 Å². The lowest BCUT2D eigenvalue weighted by Gasteiger charge is -2.49. The Morgan fingerprint density at radius 2 is 1.81 bits per heavy atom. The van der Waals surface area contributed by atoms with E-state index in [0.29, 0.717) is 5.92 Å². The summed E-state index contributed by atoms with van der Waals surface area (Å²) in [5.74, 6) is 1.07. The van der Waals surface area contributed by atoms with Crippen molar-refractivity contribution in [2.45, 2.75) is 39.7 Å². The van der Waals surface area contributed by atoms with Crippen LogP contribution >= 0.6 is 0 Å². The maximum atomic E-state index is 10.1. The molecule has 0 aromatic heterocycles. The smallest absolute Gasteiger partial charge is 0.0922 e. The van der Waals surface area contributed by atoms with Crippen molar-refractivity contribution in [2.24, 2.45) is 11.8 Å². The number of hydrogen-bond acceptors (Lipinski definition) is 3. The molecular formula is C13H27NO2. The Morgan fingerprint density at radius 3 is 2.31 bits per heavy atom. The third kappa shape index (κ3) is 4.04. The molecule has 0 aromatic rings. The van der Waals surface area contributed by atoms with Crippen LogP contribution in [0.3, 0.4) is 0 Å². The molecule has 1 aliphatic heterocycles.